The lowest BCUT2D eigenvalue weighted by atomic mass is 10.1. The minimum atomic E-state index is -0.275. The molecule has 0 aliphatic heterocycles. The van der Waals surface area contributed by atoms with E-state index in [-0.39, 0.29) is 5.91 Å². The van der Waals surface area contributed by atoms with Crippen molar-refractivity contribution >= 4 is 23.4 Å². The van der Waals surface area contributed by atoms with Crippen LogP contribution in [0.4, 0.5) is 5.69 Å². The molecule has 20 heavy (non-hydrogen) atoms. The molecule has 5 heteroatoms. The number of rotatable bonds is 3. The number of nitriles is 2. The zero-order valence-corrected chi connectivity index (χ0v) is 11.1. The minimum Gasteiger partial charge on any atom is -0.322 e. The standard InChI is InChI=1S/C15H9N3OS/c16-9-11-2-1-3-12(8-11)15(19)18-13-4-6-14(7-5-13)20-10-17/h1-8H,(H,18,19). The molecule has 0 bridgehead atoms. The topological polar surface area (TPSA) is 76.7 Å². The summed E-state index contributed by atoms with van der Waals surface area (Å²) < 4.78 is 0. The van der Waals surface area contributed by atoms with Crippen molar-refractivity contribution in [2.75, 3.05) is 5.32 Å². The summed E-state index contributed by atoms with van der Waals surface area (Å²) in [6.45, 7) is 0. The molecule has 0 saturated carbocycles. The first-order valence-corrected chi connectivity index (χ1v) is 6.52. The second-order valence-corrected chi connectivity index (χ2v) is 4.72. The molecule has 2 aromatic rings. The molecule has 0 aliphatic carbocycles. The van der Waals surface area contributed by atoms with Gasteiger partial charge in [-0.15, -0.1) is 0 Å². The van der Waals surface area contributed by atoms with Crippen molar-refractivity contribution in [3.05, 3.63) is 59.7 Å². The van der Waals surface area contributed by atoms with Gasteiger partial charge < -0.3 is 5.32 Å². The maximum Gasteiger partial charge on any atom is 0.255 e. The highest BCUT2D eigenvalue weighted by Crippen LogP contribution is 2.19. The largest absolute Gasteiger partial charge is 0.322 e. The van der Waals surface area contributed by atoms with E-state index in [9.17, 15) is 4.79 Å². The van der Waals surface area contributed by atoms with Crippen LogP contribution in [0.25, 0.3) is 0 Å². The number of hydrogen-bond donors (Lipinski definition) is 1. The van der Waals surface area contributed by atoms with Crippen molar-refractivity contribution < 1.29 is 4.79 Å². The Kier molecular flexibility index (Phi) is 4.39. The predicted molar refractivity (Wildman–Crippen MR) is 77.0 cm³/mol. The zero-order chi connectivity index (χ0) is 14.4. The molecule has 0 aromatic heterocycles. The minimum absolute atomic E-state index is 0.275. The molecule has 0 atom stereocenters. The summed E-state index contributed by atoms with van der Waals surface area (Å²) in [6.07, 6.45) is 0. The van der Waals surface area contributed by atoms with Crippen molar-refractivity contribution in [1.29, 1.82) is 10.5 Å². The molecule has 0 unspecified atom stereocenters. The lowest BCUT2D eigenvalue weighted by Crippen LogP contribution is -2.11. The molecular formula is C15H9N3OS. The molecular weight excluding hydrogens is 270 g/mol. The van der Waals surface area contributed by atoms with E-state index in [1.165, 1.54) is 6.07 Å². The van der Waals surface area contributed by atoms with Gasteiger partial charge in [0, 0.05) is 16.1 Å². The number of thioether (sulfide) groups is 1. The summed E-state index contributed by atoms with van der Waals surface area (Å²) in [5.74, 6) is -0.275. The molecule has 0 heterocycles. The molecule has 2 rings (SSSR count). The number of carbonyl (C=O) groups excluding carboxylic acids is 1. The van der Waals surface area contributed by atoms with Gasteiger partial charge >= 0.3 is 0 Å². The van der Waals surface area contributed by atoms with Crippen molar-refractivity contribution in [3.8, 4) is 11.5 Å². The van der Waals surface area contributed by atoms with E-state index in [1.807, 2.05) is 11.5 Å². The Balaban J connectivity index is 2.11. The molecule has 0 radical (unpaired) electrons. The second kappa shape index (κ2) is 6.42. The van der Waals surface area contributed by atoms with Crippen LogP contribution in [0.15, 0.2) is 53.4 Å². The van der Waals surface area contributed by atoms with Crippen molar-refractivity contribution in [3.63, 3.8) is 0 Å². The van der Waals surface area contributed by atoms with Crippen LogP contribution in [0.5, 0.6) is 0 Å². The molecule has 2 aromatic carbocycles. The number of nitrogens with zero attached hydrogens (tertiary/aromatic N) is 2. The second-order valence-electron chi connectivity index (χ2n) is 3.86. The van der Waals surface area contributed by atoms with Gasteiger partial charge in [-0.25, -0.2) is 0 Å². The predicted octanol–water partition coefficient (Wildman–Crippen LogP) is 3.38. The Labute approximate surface area is 120 Å². The Morgan fingerprint density at radius 3 is 2.50 bits per heavy atom. The summed E-state index contributed by atoms with van der Waals surface area (Å²) in [6, 6.07) is 15.5. The molecule has 1 N–H and O–H groups in total. The third-order valence-electron chi connectivity index (χ3n) is 2.53. The van der Waals surface area contributed by atoms with Gasteiger partial charge in [-0.1, -0.05) is 6.07 Å². The van der Waals surface area contributed by atoms with Gasteiger partial charge in [0.2, 0.25) is 0 Å². The average molecular weight is 279 g/mol. The van der Waals surface area contributed by atoms with E-state index in [1.54, 1.807) is 42.5 Å². The number of thiocyanates is 1. The van der Waals surface area contributed by atoms with Crippen LogP contribution in [0.3, 0.4) is 0 Å². The van der Waals surface area contributed by atoms with Crippen molar-refractivity contribution in [2.24, 2.45) is 0 Å². The van der Waals surface area contributed by atoms with E-state index in [2.05, 4.69) is 5.32 Å². The van der Waals surface area contributed by atoms with Gasteiger partial charge in [0.25, 0.3) is 5.91 Å². The average Bonchev–Trinajstić information content (AvgIpc) is 2.49. The SMILES string of the molecule is N#CSc1ccc(NC(=O)c2cccc(C#N)c2)cc1. The Hall–Kier alpha value is -2.76. The van der Waals surface area contributed by atoms with Crippen LogP contribution in [0.1, 0.15) is 15.9 Å². The third kappa shape index (κ3) is 3.38. The van der Waals surface area contributed by atoms with Crippen molar-refractivity contribution in [1.82, 2.24) is 0 Å². The summed E-state index contributed by atoms with van der Waals surface area (Å²) in [7, 11) is 0. The first-order valence-electron chi connectivity index (χ1n) is 5.70. The van der Waals surface area contributed by atoms with Gasteiger partial charge in [-0.3, -0.25) is 4.79 Å². The summed E-state index contributed by atoms with van der Waals surface area (Å²) in [5.41, 5.74) is 1.51. The molecule has 1 amide bonds. The Morgan fingerprint density at radius 1 is 1.10 bits per heavy atom. The van der Waals surface area contributed by atoms with Gasteiger partial charge in [-0.05, 0) is 54.2 Å². The van der Waals surface area contributed by atoms with Gasteiger partial charge in [-0.2, -0.15) is 10.5 Å². The highest BCUT2D eigenvalue weighted by molar-refractivity contribution is 8.03. The van der Waals surface area contributed by atoms with E-state index in [4.69, 9.17) is 10.5 Å². The van der Waals surface area contributed by atoms with Crippen LogP contribution in [-0.4, -0.2) is 5.91 Å². The van der Waals surface area contributed by atoms with Crippen LogP contribution >= 0.6 is 11.8 Å². The number of nitrogens with one attached hydrogen (secondary N) is 1. The van der Waals surface area contributed by atoms with Crippen LogP contribution in [0.2, 0.25) is 0 Å². The van der Waals surface area contributed by atoms with Gasteiger partial charge in [0.15, 0.2) is 0 Å². The first kappa shape index (κ1) is 13.7. The number of carbonyl (C=O) groups is 1. The van der Waals surface area contributed by atoms with E-state index < -0.39 is 0 Å². The molecule has 96 valence electrons. The number of hydrogen-bond acceptors (Lipinski definition) is 4. The number of amides is 1. The highest BCUT2D eigenvalue weighted by Gasteiger charge is 2.06. The van der Waals surface area contributed by atoms with Crippen LogP contribution in [0, 0.1) is 22.0 Å². The fourth-order valence-electron chi connectivity index (χ4n) is 1.59. The molecule has 0 aliphatic rings. The normalized spacial score (nSPS) is 9.30. The number of benzene rings is 2. The van der Waals surface area contributed by atoms with E-state index in [0.29, 0.717) is 16.8 Å². The van der Waals surface area contributed by atoms with Crippen LogP contribution < -0.4 is 5.32 Å². The molecule has 4 nitrogen and oxygen atoms in total. The van der Waals surface area contributed by atoms with Crippen molar-refractivity contribution in [2.45, 2.75) is 4.90 Å². The lowest BCUT2D eigenvalue weighted by molar-refractivity contribution is 0.102. The quantitative estimate of drug-likeness (QED) is 0.690. The monoisotopic (exact) mass is 279 g/mol. The maximum atomic E-state index is 12.0. The fourth-order valence-corrected chi connectivity index (χ4v) is 1.97. The van der Waals surface area contributed by atoms with Crippen LogP contribution in [-0.2, 0) is 0 Å². The fraction of sp³-hybridized carbons (Fsp3) is 0. The molecule has 0 spiro atoms. The summed E-state index contributed by atoms with van der Waals surface area (Å²) in [5, 5.41) is 22.1. The molecule has 0 fully saturated rings. The Bertz CT molecular complexity index is 711. The zero-order valence-electron chi connectivity index (χ0n) is 10.3. The molecule has 0 saturated heterocycles. The Morgan fingerprint density at radius 2 is 1.85 bits per heavy atom. The maximum absolute atomic E-state index is 12.0. The highest BCUT2D eigenvalue weighted by atomic mass is 32.2. The number of anilines is 1. The smallest absolute Gasteiger partial charge is 0.255 e. The van der Waals surface area contributed by atoms with Gasteiger partial charge in [0.05, 0.1) is 11.6 Å². The lowest BCUT2D eigenvalue weighted by Gasteiger charge is -2.05. The summed E-state index contributed by atoms with van der Waals surface area (Å²) in [4.78, 5) is 12.8. The summed E-state index contributed by atoms with van der Waals surface area (Å²) >= 11 is 1.06. The van der Waals surface area contributed by atoms with Gasteiger partial charge in [0.1, 0.15) is 5.40 Å². The van der Waals surface area contributed by atoms with E-state index in [0.717, 1.165) is 16.7 Å². The third-order valence-corrected chi connectivity index (χ3v) is 3.13. The first-order chi connectivity index (χ1) is 9.72. The van der Waals surface area contributed by atoms with E-state index >= 15 is 0 Å².